The Hall–Kier alpha value is -3.25. The zero-order chi connectivity index (χ0) is 26.4. The number of nitro groups is 1. The average Bonchev–Trinajstić information content (AvgIpc) is 3.58. The molecule has 0 bridgehead atoms. The van der Waals surface area contributed by atoms with Gasteiger partial charge >= 0.3 is 0 Å². The molecule has 4 rings (SSSR count). The summed E-state index contributed by atoms with van der Waals surface area (Å²) in [6.45, 7) is 0.329. The molecule has 2 heterocycles. The number of carbonyl (C=O) groups excluding carboxylic acids is 1. The number of amides is 1. The molecule has 37 heavy (non-hydrogen) atoms. The summed E-state index contributed by atoms with van der Waals surface area (Å²) in [6.07, 6.45) is 2.53. The predicted octanol–water partition coefficient (Wildman–Crippen LogP) is 4.24. The van der Waals surface area contributed by atoms with Crippen LogP contribution in [0.5, 0.6) is 0 Å². The SMILES string of the molecule is O=C(CN(C[C@H]1CCCO1)S(=O)(=O)c1ccc(Cl)c([N+](=O)[O-])c1)N(Cc1ccccc1)Cc1ccco1. The fourth-order valence-electron chi connectivity index (χ4n) is 4.08. The van der Waals surface area contributed by atoms with E-state index in [0.29, 0.717) is 18.8 Å². The Morgan fingerprint density at radius 3 is 2.54 bits per heavy atom. The zero-order valence-electron chi connectivity index (χ0n) is 19.9. The van der Waals surface area contributed by atoms with E-state index in [1.54, 1.807) is 12.1 Å². The fraction of sp³-hybridized carbons (Fsp3) is 0.320. The number of nitrogens with zero attached hydrogens (tertiary/aromatic N) is 3. The molecule has 1 saturated heterocycles. The number of ether oxygens (including phenoxy) is 1. The van der Waals surface area contributed by atoms with E-state index in [1.807, 2.05) is 30.3 Å². The van der Waals surface area contributed by atoms with E-state index in [-0.39, 0.29) is 29.6 Å². The van der Waals surface area contributed by atoms with E-state index >= 15 is 0 Å². The van der Waals surface area contributed by atoms with Crippen LogP contribution in [0.2, 0.25) is 5.02 Å². The second kappa shape index (κ2) is 11.9. The molecule has 196 valence electrons. The average molecular weight is 548 g/mol. The van der Waals surface area contributed by atoms with E-state index in [1.165, 1.54) is 17.2 Å². The van der Waals surface area contributed by atoms with Crippen molar-refractivity contribution in [1.82, 2.24) is 9.21 Å². The molecule has 0 saturated carbocycles. The van der Waals surface area contributed by atoms with Gasteiger partial charge in [-0.15, -0.1) is 0 Å². The number of rotatable bonds is 11. The van der Waals surface area contributed by atoms with Crippen molar-refractivity contribution in [1.29, 1.82) is 0 Å². The van der Waals surface area contributed by atoms with Crippen LogP contribution in [0.1, 0.15) is 24.2 Å². The molecule has 1 aliphatic rings. The topological polar surface area (TPSA) is 123 Å². The molecule has 10 nitrogen and oxygen atoms in total. The van der Waals surface area contributed by atoms with Crippen LogP contribution in [0.25, 0.3) is 0 Å². The normalized spacial score (nSPS) is 15.7. The Bertz CT molecular complexity index is 1330. The molecular weight excluding hydrogens is 522 g/mol. The van der Waals surface area contributed by atoms with Gasteiger partial charge in [0, 0.05) is 25.8 Å². The molecule has 0 unspecified atom stereocenters. The maximum absolute atomic E-state index is 13.7. The largest absolute Gasteiger partial charge is 0.467 e. The summed E-state index contributed by atoms with van der Waals surface area (Å²) in [5, 5.41) is 11.2. The highest BCUT2D eigenvalue weighted by Crippen LogP contribution is 2.29. The molecule has 1 aliphatic heterocycles. The van der Waals surface area contributed by atoms with Crippen molar-refractivity contribution >= 4 is 33.2 Å². The smallest absolute Gasteiger partial charge is 0.289 e. The third-order valence-electron chi connectivity index (χ3n) is 5.99. The van der Waals surface area contributed by atoms with Gasteiger partial charge in [0.15, 0.2) is 0 Å². The third kappa shape index (κ3) is 6.75. The van der Waals surface area contributed by atoms with E-state index < -0.39 is 39.2 Å². The van der Waals surface area contributed by atoms with Gasteiger partial charge in [0.25, 0.3) is 5.69 Å². The van der Waals surface area contributed by atoms with Gasteiger partial charge in [-0.2, -0.15) is 4.31 Å². The number of sulfonamides is 1. The summed E-state index contributed by atoms with van der Waals surface area (Å²) < 4.78 is 39.4. The lowest BCUT2D eigenvalue weighted by atomic mass is 10.2. The van der Waals surface area contributed by atoms with Crippen molar-refractivity contribution in [2.45, 2.75) is 36.9 Å². The van der Waals surface area contributed by atoms with Crippen molar-refractivity contribution in [3.63, 3.8) is 0 Å². The summed E-state index contributed by atoms with van der Waals surface area (Å²) >= 11 is 5.89. The highest BCUT2D eigenvalue weighted by molar-refractivity contribution is 7.89. The molecule has 1 fully saturated rings. The van der Waals surface area contributed by atoms with Gasteiger partial charge in [0.1, 0.15) is 10.8 Å². The van der Waals surface area contributed by atoms with Crippen LogP contribution in [0.15, 0.2) is 76.2 Å². The molecule has 1 aromatic heterocycles. The van der Waals surface area contributed by atoms with Crippen LogP contribution in [0, 0.1) is 10.1 Å². The lowest BCUT2D eigenvalue weighted by Crippen LogP contribution is -2.45. The van der Waals surface area contributed by atoms with E-state index in [0.717, 1.165) is 28.4 Å². The van der Waals surface area contributed by atoms with Gasteiger partial charge < -0.3 is 14.1 Å². The van der Waals surface area contributed by atoms with Crippen LogP contribution in [0.4, 0.5) is 5.69 Å². The molecule has 0 N–H and O–H groups in total. The highest BCUT2D eigenvalue weighted by Gasteiger charge is 2.33. The number of furan rings is 1. The first-order valence-electron chi connectivity index (χ1n) is 11.6. The van der Waals surface area contributed by atoms with Gasteiger partial charge in [0.05, 0.1) is 35.3 Å². The lowest BCUT2D eigenvalue weighted by molar-refractivity contribution is -0.384. The van der Waals surface area contributed by atoms with Crippen molar-refractivity contribution < 1.29 is 27.3 Å². The molecule has 0 aliphatic carbocycles. The van der Waals surface area contributed by atoms with Gasteiger partial charge in [-0.25, -0.2) is 8.42 Å². The van der Waals surface area contributed by atoms with Crippen LogP contribution in [-0.4, -0.2) is 54.3 Å². The maximum atomic E-state index is 13.7. The lowest BCUT2D eigenvalue weighted by Gasteiger charge is -2.28. The van der Waals surface area contributed by atoms with Gasteiger partial charge in [0.2, 0.25) is 15.9 Å². The standard InChI is InChI=1S/C25H26ClN3O7S/c26-23-11-10-22(14-24(23)29(31)32)37(33,34)28(17-21-9-5-13-36-21)18-25(30)27(16-20-8-4-12-35-20)15-19-6-2-1-3-7-19/h1-4,6-8,10-12,14,21H,5,9,13,15-18H2/t21-/m1/s1. The Labute approximate surface area is 219 Å². The number of hydrogen-bond acceptors (Lipinski definition) is 7. The molecule has 0 spiro atoms. The van der Waals surface area contributed by atoms with Crippen molar-refractivity contribution in [3.05, 3.63) is 93.4 Å². The molecule has 2 aromatic carbocycles. The monoisotopic (exact) mass is 547 g/mol. The first-order valence-corrected chi connectivity index (χ1v) is 13.5. The molecule has 1 atom stereocenters. The van der Waals surface area contributed by atoms with Crippen molar-refractivity contribution in [2.75, 3.05) is 19.7 Å². The molecule has 3 aromatic rings. The van der Waals surface area contributed by atoms with Gasteiger partial charge in [-0.1, -0.05) is 41.9 Å². The first kappa shape index (κ1) is 26.8. The van der Waals surface area contributed by atoms with Crippen molar-refractivity contribution in [2.24, 2.45) is 0 Å². The third-order valence-corrected chi connectivity index (χ3v) is 8.12. The molecule has 0 radical (unpaired) electrons. The number of benzene rings is 2. The predicted molar refractivity (Wildman–Crippen MR) is 135 cm³/mol. The van der Waals surface area contributed by atoms with Crippen LogP contribution >= 0.6 is 11.6 Å². The molecular formula is C25H26ClN3O7S. The Balaban J connectivity index is 1.63. The minimum atomic E-state index is -4.31. The summed E-state index contributed by atoms with van der Waals surface area (Å²) in [4.78, 5) is 25.4. The van der Waals surface area contributed by atoms with Gasteiger partial charge in [-0.05, 0) is 42.7 Å². The summed E-state index contributed by atoms with van der Waals surface area (Å²) in [5.74, 6) is 0.0939. The van der Waals surface area contributed by atoms with E-state index in [4.69, 9.17) is 20.8 Å². The second-order valence-corrected chi connectivity index (χ2v) is 11.0. The Morgan fingerprint density at radius 1 is 1.11 bits per heavy atom. The van der Waals surface area contributed by atoms with Crippen LogP contribution < -0.4 is 0 Å². The number of halogens is 1. The Kier molecular flexibility index (Phi) is 8.59. The van der Waals surface area contributed by atoms with E-state index in [2.05, 4.69) is 0 Å². The Morgan fingerprint density at radius 2 is 1.89 bits per heavy atom. The fourth-order valence-corrected chi connectivity index (χ4v) is 5.71. The minimum absolute atomic E-state index is 0.0651. The molecule has 1 amide bonds. The maximum Gasteiger partial charge on any atom is 0.289 e. The number of nitro benzene ring substituents is 1. The first-order chi connectivity index (χ1) is 17.7. The number of hydrogen-bond donors (Lipinski definition) is 0. The quantitative estimate of drug-likeness (QED) is 0.260. The molecule has 12 heteroatoms. The van der Waals surface area contributed by atoms with Gasteiger partial charge in [-0.3, -0.25) is 14.9 Å². The highest BCUT2D eigenvalue weighted by atomic mass is 35.5. The van der Waals surface area contributed by atoms with Crippen LogP contribution in [0.3, 0.4) is 0 Å². The van der Waals surface area contributed by atoms with Crippen LogP contribution in [-0.2, 0) is 32.6 Å². The van der Waals surface area contributed by atoms with Crippen molar-refractivity contribution in [3.8, 4) is 0 Å². The summed E-state index contributed by atoms with van der Waals surface area (Å²) in [6, 6.07) is 16.0. The van der Waals surface area contributed by atoms with E-state index in [9.17, 15) is 23.3 Å². The summed E-state index contributed by atoms with van der Waals surface area (Å²) in [7, 11) is -4.31. The number of carbonyl (C=O) groups is 1. The summed E-state index contributed by atoms with van der Waals surface area (Å²) in [5.41, 5.74) is 0.332. The minimum Gasteiger partial charge on any atom is -0.467 e. The zero-order valence-corrected chi connectivity index (χ0v) is 21.4. The second-order valence-electron chi connectivity index (χ2n) is 8.62.